The van der Waals surface area contributed by atoms with Crippen molar-refractivity contribution in [3.63, 3.8) is 0 Å². The first kappa shape index (κ1) is 13.9. The number of nitrogens with one attached hydrogen (secondary N) is 1. The third kappa shape index (κ3) is 2.98. The Labute approximate surface area is 123 Å². The van der Waals surface area contributed by atoms with Gasteiger partial charge in [0.25, 0.3) is 0 Å². The predicted molar refractivity (Wildman–Crippen MR) is 86.0 cm³/mol. The van der Waals surface area contributed by atoms with Crippen molar-refractivity contribution >= 4 is 0 Å². The zero-order valence-electron chi connectivity index (χ0n) is 12.7. The zero-order chi connectivity index (χ0) is 13.8. The molecule has 0 fully saturated rings. The lowest BCUT2D eigenvalue weighted by molar-refractivity contribution is 0.403. The summed E-state index contributed by atoms with van der Waals surface area (Å²) in [6, 6.07) is 9.62. The van der Waals surface area contributed by atoms with Gasteiger partial charge >= 0.3 is 0 Å². The molecule has 2 aliphatic rings. The Morgan fingerprint density at radius 1 is 1.10 bits per heavy atom. The van der Waals surface area contributed by atoms with Crippen molar-refractivity contribution in [1.29, 1.82) is 0 Å². The average molecular weight is 269 g/mol. The molecule has 1 nitrogen and oxygen atoms in total. The highest BCUT2D eigenvalue weighted by molar-refractivity contribution is 5.34. The van der Waals surface area contributed by atoms with E-state index in [4.69, 9.17) is 0 Å². The average Bonchev–Trinajstić information content (AvgIpc) is 2.71. The van der Waals surface area contributed by atoms with Crippen LogP contribution < -0.4 is 5.32 Å². The Balaban J connectivity index is 1.76. The summed E-state index contributed by atoms with van der Waals surface area (Å²) in [5, 5.41) is 3.79. The first-order chi connectivity index (χ1) is 9.88. The summed E-state index contributed by atoms with van der Waals surface area (Å²) in [6.07, 6.45) is 11.8. The second-order valence-electron chi connectivity index (χ2n) is 6.35. The van der Waals surface area contributed by atoms with Crippen LogP contribution in [0, 0.1) is 5.92 Å². The van der Waals surface area contributed by atoms with Crippen molar-refractivity contribution in [2.24, 2.45) is 5.92 Å². The van der Waals surface area contributed by atoms with Gasteiger partial charge in [0.2, 0.25) is 0 Å². The number of hydrogen-bond acceptors (Lipinski definition) is 1. The molecule has 2 aliphatic carbocycles. The molecule has 1 atom stereocenters. The van der Waals surface area contributed by atoms with Crippen molar-refractivity contribution in [1.82, 2.24) is 5.32 Å². The van der Waals surface area contributed by atoms with E-state index in [1.54, 1.807) is 16.7 Å². The number of hydrogen-bond donors (Lipinski definition) is 1. The van der Waals surface area contributed by atoms with Crippen LogP contribution in [0.2, 0.25) is 0 Å². The number of likely N-dealkylation sites (N-methyl/N-ethyl adjacent to an activating group) is 1. The molecule has 0 aliphatic heterocycles. The second-order valence-corrected chi connectivity index (χ2v) is 6.35. The van der Waals surface area contributed by atoms with E-state index >= 15 is 0 Å². The van der Waals surface area contributed by atoms with E-state index in [-0.39, 0.29) is 0 Å². The highest BCUT2D eigenvalue weighted by atomic mass is 14.9. The first-order valence-electron chi connectivity index (χ1n) is 8.37. The maximum atomic E-state index is 3.79. The number of allylic oxidation sites excluding steroid dienone is 1. The molecule has 0 spiro atoms. The molecule has 0 saturated heterocycles. The molecule has 0 heterocycles. The minimum absolute atomic E-state index is 0.602. The van der Waals surface area contributed by atoms with Crippen LogP contribution in [0.15, 0.2) is 35.9 Å². The van der Waals surface area contributed by atoms with Gasteiger partial charge in [-0.2, -0.15) is 0 Å². The molecule has 0 radical (unpaired) electrons. The Bertz CT molecular complexity index is 449. The molecule has 1 N–H and O–H groups in total. The number of benzene rings is 1. The summed E-state index contributed by atoms with van der Waals surface area (Å²) in [5.41, 5.74) is 4.85. The summed E-state index contributed by atoms with van der Waals surface area (Å²) in [6.45, 7) is 3.32. The number of fused-ring (bicyclic) bond motifs is 1. The van der Waals surface area contributed by atoms with E-state index in [1.165, 1.54) is 44.9 Å². The molecule has 0 aromatic heterocycles. The molecule has 1 aromatic carbocycles. The summed E-state index contributed by atoms with van der Waals surface area (Å²) in [5.74, 6) is 0.761. The van der Waals surface area contributed by atoms with Gasteiger partial charge in [-0.15, -0.1) is 0 Å². The van der Waals surface area contributed by atoms with Gasteiger partial charge in [0, 0.05) is 6.04 Å². The minimum atomic E-state index is 0.602. The maximum Gasteiger partial charge on any atom is 0.0314 e. The third-order valence-electron chi connectivity index (χ3n) is 4.95. The van der Waals surface area contributed by atoms with Crippen LogP contribution in [-0.4, -0.2) is 12.6 Å². The van der Waals surface area contributed by atoms with Gasteiger partial charge in [-0.3, -0.25) is 0 Å². The van der Waals surface area contributed by atoms with Crippen molar-refractivity contribution < 1.29 is 0 Å². The Hall–Kier alpha value is -1.08. The smallest absolute Gasteiger partial charge is 0.0314 e. The van der Waals surface area contributed by atoms with E-state index in [0.29, 0.717) is 6.04 Å². The van der Waals surface area contributed by atoms with Crippen LogP contribution in [0.5, 0.6) is 0 Å². The third-order valence-corrected chi connectivity index (χ3v) is 4.95. The largest absolute Gasteiger partial charge is 0.310 e. The molecule has 1 aromatic rings. The molecule has 3 rings (SSSR count). The second kappa shape index (κ2) is 6.58. The summed E-state index contributed by atoms with van der Waals surface area (Å²) < 4.78 is 0. The van der Waals surface area contributed by atoms with Gasteiger partial charge in [0.15, 0.2) is 0 Å². The van der Waals surface area contributed by atoms with E-state index in [9.17, 15) is 0 Å². The van der Waals surface area contributed by atoms with Crippen LogP contribution >= 0.6 is 0 Å². The standard InChI is InChI=1S/C19H27N/c1-2-20-19(15-9-5-3-4-6-10-15)18-13-16-11-7-8-12-17(16)14-18/h7-9,11-12,18-20H,2-6,10,13-14H2,1H3. The lowest BCUT2D eigenvalue weighted by atomic mass is 9.88. The first-order valence-corrected chi connectivity index (χ1v) is 8.37. The molecule has 0 bridgehead atoms. The highest BCUT2D eigenvalue weighted by Gasteiger charge is 2.30. The number of rotatable bonds is 4. The summed E-state index contributed by atoms with van der Waals surface area (Å²) in [7, 11) is 0. The predicted octanol–water partition coefficient (Wildman–Crippen LogP) is 4.27. The van der Waals surface area contributed by atoms with Crippen molar-refractivity contribution in [2.75, 3.05) is 6.54 Å². The Kier molecular flexibility index (Phi) is 4.57. The van der Waals surface area contributed by atoms with Gasteiger partial charge in [0.05, 0.1) is 0 Å². The highest BCUT2D eigenvalue weighted by Crippen LogP contribution is 2.33. The fourth-order valence-electron chi connectivity index (χ4n) is 3.97. The van der Waals surface area contributed by atoms with Gasteiger partial charge in [-0.25, -0.2) is 0 Å². The molecule has 1 unspecified atom stereocenters. The lowest BCUT2D eigenvalue weighted by Crippen LogP contribution is -2.38. The lowest BCUT2D eigenvalue weighted by Gasteiger charge is -2.27. The normalized spacial score (nSPS) is 21.1. The van der Waals surface area contributed by atoms with Crippen LogP contribution in [0.25, 0.3) is 0 Å². The molecule has 0 saturated carbocycles. The molecule has 108 valence electrons. The Morgan fingerprint density at radius 3 is 2.55 bits per heavy atom. The van der Waals surface area contributed by atoms with E-state index < -0.39 is 0 Å². The topological polar surface area (TPSA) is 12.0 Å². The van der Waals surface area contributed by atoms with Crippen LogP contribution in [0.1, 0.15) is 50.2 Å². The molecule has 1 heteroatoms. The molecule has 0 amide bonds. The van der Waals surface area contributed by atoms with Crippen LogP contribution in [0.3, 0.4) is 0 Å². The zero-order valence-corrected chi connectivity index (χ0v) is 12.7. The van der Waals surface area contributed by atoms with E-state index in [1.807, 2.05) is 0 Å². The Morgan fingerprint density at radius 2 is 1.85 bits per heavy atom. The maximum absolute atomic E-state index is 3.79. The van der Waals surface area contributed by atoms with Crippen molar-refractivity contribution in [3.8, 4) is 0 Å². The fraction of sp³-hybridized carbons (Fsp3) is 0.579. The summed E-state index contributed by atoms with van der Waals surface area (Å²) in [4.78, 5) is 0. The quantitative estimate of drug-likeness (QED) is 0.805. The minimum Gasteiger partial charge on any atom is -0.310 e. The van der Waals surface area contributed by atoms with E-state index in [2.05, 4.69) is 42.6 Å². The van der Waals surface area contributed by atoms with Gasteiger partial charge in [0.1, 0.15) is 0 Å². The fourth-order valence-corrected chi connectivity index (χ4v) is 3.97. The monoisotopic (exact) mass is 269 g/mol. The van der Waals surface area contributed by atoms with Gasteiger partial charge < -0.3 is 5.32 Å². The van der Waals surface area contributed by atoms with E-state index in [0.717, 1.165) is 12.5 Å². The SMILES string of the molecule is CCNC(C1=CCCCCC1)C1Cc2ccccc2C1. The van der Waals surface area contributed by atoms with Gasteiger partial charge in [-0.1, -0.05) is 49.3 Å². The molecular formula is C19H27N. The van der Waals surface area contributed by atoms with Crippen molar-refractivity contribution in [3.05, 3.63) is 47.0 Å². The van der Waals surface area contributed by atoms with Crippen LogP contribution in [-0.2, 0) is 12.8 Å². The molecule has 20 heavy (non-hydrogen) atoms. The molecular weight excluding hydrogens is 242 g/mol. The van der Waals surface area contributed by atoms with Gasteiger partial charge in [-0.05, 0) is 62.1 Å². The van der Waals surface area contributed by atoms with Crippen LogP contribution in [0.4, 0.5) is 0 Å². The van der Waals surface area contributed by atoms with Crippen molar-refractivity contribution in [2.45, 2.75) is 57.9 Å². The summed E-state index contributed by atoms with van der Waals surface area (Å²) >= 11 is 0.